The van der Waals surface area contributed by atoms with Gasteiger partial charge in [0.2, 0.25) is 11.1 Å². The average molecular weight is 382 g/mol. The first-order valence-electron chi connectivity index (χ1n) is 8.25. The monoisotopic (exact) mass is 382 g/mol. The lowest BCUT2D eigenvalue weighted by molar-refractivity contribution is -0.117. The van der Waals surface area contributed by atoms with E-state index in [1.807, 2.05) is 0 Å². The Morgan fingerprint density at radius 2 is 2.11 bits per heavy atom. The lowest BCUT2D eigenvalue weighted by atomic mass is 10.1. The zero-order valence-electron chi connectivity index (χ0n) is 14.4. The molecule has 136 valence electrons. The predicted octanol–water partition coefficient (Wildman–Crippen LogP) is 3.10. The van der Waals surface area contributed by atoms with Gasteiger partial charge in [-0.05, 0) is 35.9 Å². The van der Waals surface area contributed by atoms with Gasteiger partial charge in [0.25, 0.3) is 0 Å². The number of Topliss-reactive ketones (excluding diaryl/α,β-unsaturated/α-hetero) is 1. The lowest BCUT2D eigenvalue weighted by Crippen LogP contribution is -2.20. The van der Waals surface area contributed by atoms with E-state index in [0.29, 0.717) is 28.5 Å². The first-order chi connectivity index (χ1) is 13.0. The zero-order chi connectivity index (χ0) is 19.0. The maximum Gasteiger partial charge on any atom is 0.231 e. The van der Waals surface area contributed by atoms with Gasteiger partial charge < -0.3 is 4.90 Å². The summed E-state index contributed by atoms with van der Waals surface area (Å²) in [4.78, 5) is 30.1. The molecular formula is C19H15FN4O2S. The predicted molar refractivity (Wildman–Crippen MR) is 100 cm³/mol. The summed E-state index contributed by atoms with van der Waals surface area (Å²) < 4.78 is 13.8. The third kappa shape index (κ3) is 3.35. The molecule has 0 unspecified atom stereocenters. The highest BCUT2D eigenvalue weighted by atomic mass is 32.2. The smallest absolute Gasteiger partial charge is 0.231 e. The molecule has 0 bridgehead atoms. The average Bonchev–Trinajstić information content (AvgIpc) is 3.25. The van der Waals surface area contributed by atoms with Gasteiger partial charge in [0.05, 0.1) is 17.7 Å². The first kappa shape index (κ1) is 17.4. The Labute approximate surface area is 158 Å². The molecule has 4 rings (SSSR count). The van der Waals surface area contributed by atoms with E-state index in [-0.39, 0.29) is 23.3 Å². The van der Waals surface area contributed by atoms with E-state index >= 15 is 0 Å². The highest BCUT2D eigenvalue weighted by Crippen LogP contribution is 2.29. The summed E-state index contributed by atoms with van der Waals surface area (Å²) >= 11 is 1.18. The number of rotatable bonds is 5. The van der Waals surface area contributed by atoms with Crippen molar-refractivity contribution in [2.24, 2.45) is 0 Å². The molecule has 1 aromatic heterocycles. The van der Waals surface area contributed by atoms with Gasteiger partial charge in [-0.1, -0.05) is 23.9 Å². The van der Waals surface area contributed by atoms with Crippen molar-refractivity contribution in [2.45, 2.75) is 11.6 Å². The maximum atomic E-state index is 13.8. The third-order valence-corrected chi connectivity index (χ3v) is 5.25. The van der Waals surface area contributed by atoms with E-state index < -0.39 is 0 Å². The van der Waals surface area contributed by atoms with E-state index in [0.717, 1.165) is 11.3 Å². The topological polar surface area (TPSA) is 79.0 Å². The largest absolute Gasteiger partial charge is 0.315 e. The fourth-order valence-corrected chi connectivity index (χ4v) is 3.63. The van der Waals surface area contributed by atoms with Crippen LogP contribution in [0.4, 0.5) is 10.1 Å². The zero-order valence-corrected chi connectivity index (χ0v) is 15.2. The quantitative estimate of drug-likeness (QED) is 0.542. The summed E-state index contributed by atoms with van der Waals surface area (Å²) in [7, 11) is 1.72. The lowest BCUT2D eigenvalue weighted by Gasteiger charge is -2.10. The molecule has 1 N–H and O–H groups in total. The van der Waals surface area contributed by atoms with E-state index in [1.54, 1.807) is 48.3 Å². The van der Waals surface area contributed by atoms with Gasteiger partial charge in [0, 0.05) is 18.3 Å². The van der Waals surface area contributed by atoms with Gasteiger partial charge in [-0.25, -0.2) is 9.37 Å². The van der Waals surface area contributed by atoms with Gasteiger partial charge in [0.1, 0.15) is 5.82 Å². The number of aromatic nitrogens is 3. The number of hydrogen-bond acceptors (Lipinski definition) is 5. The number of anilines is 1. The second-order valence-corrected chi connectivity index (χ2v) is 7.07. The molecule has 1 aliphatic rings. The molecule has 0 fully saturated rings. The standard InChI is InChI=1S/C19H15FN4O2S/c1-24-15-7-6-11(8-12(15)9-17(24)26)16(25)10-27-19-21-18(22-23-19)13-4-2-3-5-14(13)20/h2-8H,9-10H2,1H3,(H,21,22,23). The minimum atomic E-state index is -0.390. The molecule has 1 amide bonds. The van der Waals surface area contributed by atoms with Crippen LogP contribution < -0.4 is 4.90 Å². The summed E-state index contributed by atoms with van der Waals surface area (Å²) in [5, 5.41) is 7.10. The van der Waals surface area contributed by atoms with Crippen LogP contribution in [0.15, 0.2) is 47.6 Å². The molecule has 8 heteroatoms. The van der Waals surface area contributed by atoms with E-state index in [4.69, 9.17) is 0 Å². The molecule has 0 saturated carbocycles. The number of hydrogen-bond donors (Lipinski definition) is 1. The fraction of sp³-hybridized carbons (Fsp3) is 0.158. The van der Waals surface area contributed by atoms with Crippen LogP contribution in [0.1, 0.15) is 15.9 Å². The second kappa shape index (κ2) is 6.96. The number of likely N-dealkylation sites (N-methyl/N-ethyl adjacent to an activating group) is 1. The number of carbonyl (C=O) groups excluding carboxylic acids is 2. The minimum absolute atomic E-state index is 0.0189. The molecule has 27 heavy (non-hydrogen) atoms. The number of carbonyl (C=O) groups is 2. The fourth-order valence-electron chi connectivity index (χ4n) is 2.94. The van der Waals surface area contributed by atoms with Crippen LogP contribution in [0.2, 0.25) is 0 Å². The van der Waals surface area contributed by atoms with E-state index in [9.17, 15) is 14.0 Å². The Bertz CT molecular complexity index is 1050. The number of benzene rings is 2. The summed E-state index contributed by atoms with van der Waals surface area (Å²) in [5.41, 5.74) is 2.58. The number of amides is 1. The highest BCUT2D eigenvalue weighted by Gasteiger charge is 2.24. The van der Waals surface area contributed by atoms with Crippen molar-refractivity contribution >= 4 is 29.1 Å². The number of H-pyrrole nitrogens is 1. The second-order valence-electron chi connectivity index (χ2n) is 6.13. The highest BCUT2D eigenvalue weighted by molar-refractivity contribution is 7.99. The van der Waals surface area contributed by atoms with Crippen LogP contribution in [0.3, 0.4) is 0 Å². The van der Waals surface area contributed by atoms with Crippen molar-refractivity contribution < 1.29 is 14.0 Å². The van der Waals surface area contributed by atoms with E-state index in [2.05, 4.69) is 15.2 Å². The van der Waals surface area contributed by atoms with Crippen LogP contribution in [0.25, 0.3) is 11.4 Å². The molecule has 0 spiro atoms. The number of thioether (sulfide) groups is 1. The molecule has 2 heterocycles. The van der Waals surface area contributed by atoms with Crippen LogP contribution in [-0.2, 0) is 11.2 Å². The number of halogens is 1. The van der Waals surface area contributed by atoms with Crippen LogP contribution in [-0.4, -0.2) is 39.7 Å². The molecule has 0 aliphatic carbocycles. The van der Waals surface area contributed by atoms with Crippen molar-refractivity contribution in [1.29, 1.82) is 0 Å². The Morgan fingerprint density at radius 1 is 1.30 bits per heavy atom. The van der Waals surface area contributed by atoms with Crippen molar-refractivity contribution in [3.05, 3.63) is 59.4 Å². The molecule has 0 radical (unpaired) electrons. The number of nitrogens with zero attached hydrogens (tertiary/aromatic N) is 3. The molecular weight excluding hydrogens is 367 g/mol. The Hall–Kier alpha value is -3.00. The molecule has 6 nitrogen and oxygen atoms in total. The van der Waals surface area contributed by atoms with Gasteiger partial charge in [0.15, 0.2) is 11.6 Å². The van der Waals surface area contributed by atoms with Crippen molar-refractivity contribution in [3.63, 3.8) is 0 Å². The molecule has 0 atom stereocenters. The normalized spacial score (nSPS) is 13.1. The summed E-state index contributed by atoms with van der Waals surface area (Å²) in [5.74, 6) is 0.0189. The van der Waals surface area contributed by atoms with Crippen LogP contribution in [0, 0.1) is 5.82 Å². The molecule has 3 aromatic rings. The minimum Gasteiger partial charge on any atom is -0.315 e. The number of ketones is 1. The molecule has 0 saturated heterocycles. The van der Waals surface area contributed by atoms with Gasteiger partial charge in [-0.2, -0.15) is 0 Å². The number of fused-ring (bicyclic) bond motifs is 1. The van der Waals surface area contributed by atoms with Crippen LogP contribution >= 0.6 is 11.8 Å². The van der Waals surface area contributed by atoms with Gasteiger partial charge >= 0.3 is 0 Å². The van der Waals surface area contributed by atoms with Crippen molar-refractivity contribution in [1.82, 2.24) is 15.2 Å². The summed E-state index contributed by atoms with van der Waals surface area (Å²) in [6.07, 6.45) is 0.313. The van der Waals surface area contributed by atoms with Crippen LogP contribution in [0.5, 0.6) is 0 Å². The summed E-state index contributed by atoms with van der Waals surface area (Å²) in [6, 6.07) is 11.6. The first-order valence-corrected chi connectivity index (χ1v) is 9.24. The number of nitrogens with one attached hydrogen (secondary N) is 1. The SMILES string of the molecule is CN1C(=O)Cc2cc(C(=O)CSc3n[nH]c(-c4ccccc4F)n3)ccc21. The number of aromatic amines is 1. The van der Waals surface area contributed by atoms with Crippen molar-refractivity contribution in [3.8, 4) is 11.4 Å². The van der Waals surface area contributed by atoms with Gasteiger partial charge in [-0.3, -0.25) is 14.7 Å². The maximum absolute atomic E-state index is 13.8. The molecule has 2 aromatic carbocycles. The molecule has 1 aliphatic heterocycles. The van der Waals surface area contributed by atoms with Crippen molar-refractivity contribution in [2.75, 3.05) is 17.7 Å². The summed E-state index contributed by atoms with van der Waals surface area (Å²) in [6.45, 7) is 0. The Kier molecular flexibility index (Phi) is 4.49. The Morgan fingerprint density at radius 3 is 2.93 bits per heavy atom. The van der Waals surface area contributed by atoms with E-state index in [1.165, 1.54) is 17.8 Å². The Balaban J connectivity index is 1.44. The van der Waals surface area contributed by atoms with Gasteiger partial charge in [-0.15, -0.1) is 5.10 Å². The third-order valence-electron chi connectivity index (χ3n) is 4.40.